The summed E-state index contributed by atoms with van der Waals surface area (Å²) in [4.78, 5) is 20.2. The summed E-state index contributed by atoms with van der Waals surface area (Å²) in [5, 5.41) is 8.56. The Morgan fingerprint density at radius 3 is 2.39 bits per heavy atom. The second kappa shape index (κ2) is 7.03. The van der Waals surface area contributed by atoms with Crippen LogP contribution in [-0.2, 0) is 6.42 Å². The van der Waals surface area contributed by atoms with Crippen molar-refractivity contribution in [1.29, 1.82) is 0 Å². The first kappa shape index (κ1) is 16.9. The first-order chi connectivity index (χ1) is 13.8. The van der Waals surface area contributed by atoms with Gasteiger partial charge in [0.15, 0.2) is 5.82 Å². The van der Waals surface area contributed by atoms with Crippen LogP contribution in [-0.4, -0.2) is 57.4 Å². The highest BCUT2D eigenvalue weighted by atomic mass is 15.4. The summed E-state index contributed by atoms with van der Waals surface area (Å²) in [7, 11) is 0. The lowest BCUT2D eigenvalue weighted by atomic mass is 10.1. The molecule has 0 bridgehead atoms. The Morgan fingerprint density at radius 1 is 0.893 bits per heavy atom. The van der Waals surface area contributed by atoms with Gasteiger partial charge in [0.2, 0.25) is 11.9 Å². The Hall–Kier alpha value is -3.29. The van der Waals surface area contributed by atoms with Crippen LogP contribution >= 0.6 is 0 Å². The zero-order valence-electron chi connectivity index (χ0n) is 15.8. The van der Waals surface area contributed by atoms with Crippen LogP contribution in [0.1, 0.15) is 12.5 Å². The molecule has 2 aliphatic heterocycles. The Kier molecular flexibility index (Phi) is 4.23. The van der Waals surface area contributed by atoms with Crippen LogP contribution in [0.4, 0.5) is 23.4 Å². The van der Waals surface area contributed by atoms with Crippen LogP contribution in [0.15, 0.2) is 48.9 Å². The van der Waals surface area contributed by atoms with Crippen LogP contribution < -0.4 is 14.7 Å². The highest BCUT2D eigenvalue weighted by Gasteiger charge is 2.29. The van der Waals surface area contributed by atoms with Crippen molar-refractivity contribution in [3.63, 3.8) is 0 Å². The van der Waals surface area contributed by atoms with Gasteiger partial charge in [0.25, 0.3) is 0 Å². The van der Waals surface area contributed by atoms with E-state index in [2.05, 4.69) is 66.1 Å². The summed E-state index contributed by atoms with van der Waals surface area (Å²) in [6.07, 6.45) is 6.34. The van der Waals surface area contributed by atoms with Gasteiger partial charge in [0, 0.05) is 50.3 Å². The molecule has 0 aliphatic carbocycles. The van der Waals surface area contributed by atoms with E-state index in [1.807, 2.05) is 6.07 Å². The molecule has 2 aliphatic rings. The van der Waals surface area contributed by atoms with Gasteiger partial charge in [-0.15, -0.1) is 5.10 Å². The third-order valence-corrected chi connectivity index (χ3v) is 5.39. The van der Waals surface area contributed by atoms with Crippen molar-refractivity contribution in [2.24, 2.45) is 0 Å². The van der Waals surface area contributed by atoms with Gasteiger partial charge in [-0.1, -0.05) is 18.2 Å². The maximum Gasteiger partial charge on any atom is 0.247 e. The fourth-order valence-electron chi connectivity index (χ4n) is 4.01. The summed E-state index contributed by atoms with van der Waals surface area (Å²) in [6, 6.07) is 10.7. The van der Waals surface area contributed by atoms with Crippen molar-refractivity contribution in [3.8, 4) is 0 Å². The van der Waals surface area contributed by atoms with Crippen LogP contribution in [0.3, 0.4) is 0 Å². The molecule has 28 heavy (non-hydrogen) atoms. The lowest BCUT2D eigenvalue weighted by Gasteiger charge is -2.34. The lowest BCUT2D eigenvalue weighted by Crippen LogP contribution is -2.47. The van der Waals surface area contributed by atoms with E-state index in [0.29, 0.717) is 12.0 Å². The van der Waals surface area contributed by atoms with Gasteiger partial charge in [-0.25, -0.2) is 9.97 Å². The molecule has 0 radical (unpaired) electrons. The van der Waals surface area contributed by atoms with Crippen molar-refractivity contribution in [2.45, 2.75) is 19.4 Å². The molecule has 0 amide bonds. The number of rotatable bonds is 3. The van der Waals surface area contributed by atoms with Crippen LogP contribution in [0, 0.1) is 0 Å². The Labute approximate surface area is 163 Å². The fraction of sp³-hybridized carbons (Fsp3) is 0.350. The molecule has 8 nitrogen and oxygen atoms in total. The molecule has 0 spiro atoms. The molecule has 1 fully saturated rings. The average molecular weight is 374 g/mol. The average Bonchev–Trinajstić information content (AvgIpc) is 3.10. The van der Waals surface area contributed by atoms with Gasteiger partial charge in [-0.3, -0.25) is 0 Å². The van der Waals surface area contributed by atoms with Crippen molar-refractivity contribution < 1.29 is 0 Å². The predicted molar refractivity (Wildman–Crippen MR) is 108 cm³/mol. The van der Waals surface area contributed by atoms with Gasteiger partial charge < -0.3 is 14.7 Å². The van der Waals surface area contributed by atoms with E-state index < -0.39 is 0 Å². The minimum atomic E-state index is 0.356. The number of nitrogens with zero attached hydrogens (tertiary/aromatic N) is 8. The number of piperazine rings is 1. The van der Waals surface area contributed by atoms with E-state index in [-0.39, 0.29) is 0 Å². The smallest absolute Gasteiger partial charge is 0.247 e. The molecule has 2 aromatic heterocycles. The van der Waals surface area contributed by atoms with E-state index in [0.717, 1.165) is 44.4 Å². The molecule has 0 saturated carbocycles. The minimum absolute atomic E-state index is 0.356. The summed E-state index contributed by atoms with van der Waals surface area (Å²) in [5.74, 6) is 2.32. The number of para-hydroxylation sites is 1. The zero-order chi connectivity index (χ0) is 18.9. The van der Waals surface area contributed by atoms with E-state index in [4.69, 9.17) is 4.98 Å². The first-order valence-electron chi connectivity index (χ1n) is 9.63. The molecule has 8 heteroatoms. The summed E-state index contributed by atoms with van der Waals surface area (Å²) < 4.78 is 0. The van der Waals surface area contributed by atoms with E-state index >= 15 is 0 Å². The topological polar surface area (TPSA) is 74.2 Å². The third kappa shape index (κ3) is 3.00. The molecule has 4 heterocycles. The van der Waals surface area contributed by atoms with E-state index in [9.17, 15) is 0 Å². The standard InChI is InChI=1S/C20H22N8/c1-15-13-16-5-2-3-6-17(16)28(15)18-14-23-25-20(24-18)27-11-9-26(10-12-27)19-21-7-4-8-22-19/h2-8,14-15H,9-13H2,1H3. The van der Waals surface area contributed by atoms with Crippen LogP contribution in [0.5, 0.6) is 0 Å². The normalized spacial score (nSPS) is 19.0. The highest BCUT2D eigenvalue weighted by Crippen LogP contribution is 2.37. The largest absolute Gasteiger partial charge is 0.337 e. The molecule has 1 aromatic carbocycles. The van der Waals surface area contributed by atoms with Crippen molar-refractivity contribution in [3.05, 3.63) is 54.5 Å². The van der Waals surface area contributed by atoms with Gasteiger partial charge >= 0.3 is 0 Å². The van der Waals surface area contributed by atoms with E-state index in [1.54, 1.807) is 18.6 Å². The number of hydrogen-bond donors (Lipinski definition) is 0. The lowest BCUT2D eigenvalue weighted by molar-refractivity contribution is 0.622. The van der Waals surface area contributed by atoms with Crippen LogP contribution in [0.25, 0.3) is 0 Å². The van der Waals surface area contributed by atoms with Gasteiger partial charge in [0.05, 0.1) is 6.20 Å². The molecule has 0 N–H and O–H groups in total. The van der Waals surface area contributed by atoms with Crippen LogP contribution in [0.2, 0.25) is 0 Å². The molecule has 1 atom stereocenters. The molecule has 5 rings (SSSR count). The highest BCUT2D eigenvalue weighted by molar-refractivity contribution is 5.68. The SMILES string of the molecule is CC1Cc2ccccc2N1c1cnnc(N2CCN(c3ncccn3)CC2)n1. The maximum absolute atomic E-state index is 4.85. The Balaban J connectivity index is 1.35. The second-order valence-electron chi connectivity index (χ2n) is 7.19. The molecular formula is C20H22N8. The predicted octanol–water partition coefficient (Wildman–Crippen LogP) is 2.07. The number of anilines is 4. The molecule has 1 saturated heterocycles. The van der Waals surface area contributed by atoms with E-state index in [1.165, 1.54) is 11.3 Å². The van der Waals surface area contributed by atoms with Gasteiger partial charge in [-0.2, -0.15) is 10.1 Å². The third-order valence-electron chi connectivity index (χ3n) is 5.39. The Morgan fingerprint density at radius 2 is 1.61 bits per heavy atom. The second-order valence-corrected chi connectivity index (χ2v) is 7.19. The van der Waals surface area contributed by atoms with Gasteiger partial charge in [0.1, 0.15) is 0 Å². The molecule has 3 aromatic rings. The number of hydrogen-bond acceptors (Lipinski definition) is 8. The first-order valence-corrected chi connectivity index (χ1v) is 9.63. The zero-order valence-corrected chi connectivity index (χ0v) is 15.8. The fourth-order valence-corrected chi connectivity index (χ4v) is 4.01. The summed E-state index contributed by atoms with van der Waals surface area (Å²) in [6.45, 7) is 5.52. The van der Waals surface area contributed by atoms with Crippen molar-refractivity contribution in [1.82, 2.24) is 25.1 Å². The Bertz CT molecular complexity index is 955. The molecule has 1 unspecified atom stereocenters. The monoisotopic (exact) mass is 374 g/mol. The molecular weight excluding hydrogens is 352 g/mol. The van der Waals surface area contributed by atoms with Crippen molar-refractivity contribution in [2.75, 3.05) is 40.9 Å². The quantitative estimate of drug-likeness (QED) is 0.690. The number of benzene rings is 1. The number of aromatic nitrogens is 5. The minimum Gasteiger partial charge on any atom is -0.337 e. The molecule has 142 valence electrons. The summed E-state index contributed by atoms with van der Waals surface area (Å²) >= 11 is 0. The van der Waals surface area contributed by atoms with Gasteiger partial charge in [-0.05, 0) is 31.0 Å². The maximum atomic E-state index is 4.85. The van der Waals surface area contributed by atoms with Crippen molar-refractivity contribution >= 4 is 23.4 Å². The summed E-state index contributed by atoms with van der Waals surface area (Å²) in [5.41, 5.74) is 2.57. The number of fused-ring (bicyclic) bond motifs is 1.